The third-order valence-corrected chi connectivity index (χ3v) is 7.75. The van der Waals surface area contributed by atoms with Crippen molar-refractivity contribution in [3.05, 3.63) is 65.0 Å². The lowest BCUT2D eigenvalue weighted by molar-refractivity contribution is -0.132. The van der Waals surface area contributed by atoms with Crippen molar-refractivity contribution in [2.24, 2.45) is 0 Å². The molecule has 31 heavy (non-hydrogen) atoms. The van der Waals surface area contributed by atoms with Gasteiger partial charge in [0.05, 0.1) is 16.2 Å². The molecule has 1 aliphatic carbocycles. The fourth-order valence-electron chi connectivity index (χ4n) is 4.20. The minimum Gasteiger partial charge on any atom is -0.339 e. The monoisotopic (exact) mass is 444 g/mol. The summed E-state index contributed by atoms with van der Waals surface area (Å²) in [6.45, 7) is 1.18. The van der Waals surface area contributed by atoms with Gasteiger partial charge in [-0.1, -0.05) is 18.2 Å². The molecule has 0 bridgehead atoms. The van der Waals surface area contributed by atoms with E-state index in [9.17, 15) is 22.4 Å². The lowest BCUT2D eigenvalue weighted by atomic mass is 10.1. The van der Waals surface area contributed by atoms with Gasteiger partial charge in [-0.05, 0) is 54.7 Å². The summed E-state index contributed by atoms with van der Waals surface area (Å²) in [5.74, 6) is -1.45. The van der Waals surface area contributed by atoms with E-state index in [4.69, 9.17) is 0 Å². The third-order valence-electron chi connectivity index (χ3n) is 6.04. The first-order valence-electron chi connectivity index (χ1n) is 10.5. The quantitative estimate of drug-likeness (QED) is 0.710. The smallest absolute Gasteiger partial charge is 0.256 e. The Morgan fingerprint density at radius 1 is 0.903 bits per heavy atom. The van der Waals surface area contributed by atoms with E-state index in [0.717, 1.165) is 24.8 Å². The summed E-state index contributed by atoms with van der Waals surface area (Å²) in [5, 5.41) is 0. The van der Waals surface area contributed by atoms with Crippen molar-refractivity contribution in [3.63, 3.8) is 0 Å². The summed E-state index contributed by atoms with van der Waals surface area (Å²) in [7, 11) is -3.53. The molecular weight excluding hydrogens is 419 g/mol. The van der Waals surface area contributed by atoms with E-state index in [-0.39, 0.29) is 41.6 Å². The van der Waals surface area contributed by atoms with E-state index >= 15 is 0 Å². The molecule has 2 amide bonds. The van der Waals surface area contributed by atoms with Crippen molar-refractivity contribution < 1.29 is 22.4 Å². The van der Waals surface area contributed by atoms with E-state index in [0.29, 0.717) is 13.1 Å². The van der Waals surface area contributed by atoms with Crippen LogP contribution < -0.4 is 0 Å². The zero-order valence-corrected chi connectivity index (χ0v) is 18.0. The molecular formula is C23H25FN2O4S. The molecule has 0 radical (unpaired) electrons. The number of fused-ring (bicyclic) bond motifs is 1. The Morgan fingerprint density at radius 3 is 2.32 bits per heavy atom. The van der Waals surface area contributed by atoms with Gasteiger partial charge in [-0.15, -0.1) is 0 Å². The molecule has 0 N–H and O–H groups in total. The molecule has 0 unspecified atom stereocenters. The average Bonchev–Trinajstić information content (AvgIpc) is 3.25. The van der Waals surface area contributed by atoms with Crippen molar-refractivity contribution in [2.45, 2.75) is 30.6 Å². The molecule has 0 spiro atoms. The zero-order chi connectivity index (χ0) is 22.0. The van der Waals surface area contributed by atoms with E-state index < -0.39 is 21.6 Å². The Kier molecular flexibility index (Phi) is 6.09. The number of hydrogen-bond donors (Lipinski definition) is 0. The molecule has 0 aromatic heterocycles. The number of halogens is 1. The van der Waals surface area contributed by atoms with Crippen LogP contribution in [0.4, 0.5) is 4.39 Å². The lowest BCUT2D eigenvalue weighted by Crippen LogP contribution is -2.51. The standard InChI is InChI=1S/C23H25FN2O4S/c24-21-7-2-1-6-20(21)23(28)26-13-11-25(12-14-26)22(27)10-15-31(29,30)19-9-8-17-4-3-5-18(17)16-19/h1-2,6-9,16H,3-5,10-15H2. The van der Waals surface area contributed by atoms with Crippen LogP contribution in [-0.4, -0.2) is 62.0 Å². The lowest BCUT2D eigenvalue weighted by Gasteiger charge is -2.35. The van der Waals surface area contributed by atoms with Crippen LogP contribution in [0.25, 0.3) is 0 Å². The highest BCUT2D eigenvalue weighted by atomic mass is 32.2. The molecule has 1 heterocycles. The summed E-state index contributed by atoms with van der Waals surface area (Å²) >= 11 is 0. The Balaban J connectivity index is 1.31. The number of amides is 2. The van der Waals surface area contributed by atoms with Crippen molar-refractivity contribution in [1.29, 1.82) is 0 Å². The van der Waals surface area contributed by atoms with Crippen molar-refractivity contribution in [1.82, 2.24) is 9.80 Å². The topological polar surface area (TPSA) is 74.8 Å². The van der Waals surface area contributed by atoms with Gasteiger partial charge in [0.2, 0.25) is 5.91 Å². The van der Waals surface area contributed by atoms with Gasteiger partial charge < -0.3 is 9.80 Å². The van der Waals surface area contributed by atoms with Crippen LogP contribution in [0.3, 0.4) is 0 Å². The summed E-state index contributed by atoms with van der Waals surface area (Å²) in [5.41, 5.74) is 2.31. The summed E-state index contributed by atoms with van der Waals surface area (Å²) in [4.78, 5) is 28.4. The minimum absolute atomic E-state index is 0.0164. The second kappa shape index (κ2) is 8.78. The van der Waals surface area contributed by atoms with Crippen LogP contribution in [0, 0.1) is 5.82 Å². The molecule has 8 heteroatoms. The maximum absolute atomic E-state index is 13.9. The van der Waals surface area contributed by atoms with E-state index in [2.05, 4.69) is 0 Å². The molecule has 6 nitrogen and oxygen atoms in total. The van der Waals surface area contributed by atoms with Crippen molar-refractivity contribution >= 4 is 21.7 Å². The summed E-state index contributed by atoms with van der Waals surface area (Å²) in [6, 6.07) is 11.1. The first kappa shape index (κ1) is 21.5. The molecule has 164 valence electrons. The number of rotatable bonds is 5. The minimum atomic E-state index is -3.53. The zero-order valence-electron chi connectivity index (χ0n) is 17.2. The van der Waals surface area contributed by atoms with Gasteiger partial charge in [-0.3, -0.25) is 9.59 Å². The Morgan fingerprint density at radius 2 is 1.58 bits per heavy atom. The van der Waals surface area contributed by atoms with Crippen LogP contribution in [0.15, 0.2) is 47.4 Å². The first-order valence-corrected chi connectivity index (χ1v) is 12.2. The van der Waals surface area contributed by atoms with Crippen molar-refractivity contribution in [3.8, 4) is 0 Å². The second-order valence-electron chi connectivity index (χ2n) is 8.01. The largest absolute Gasteiger partial charge is 0.339 e. The van der Waals surface area contributed by atoms with Gasteiger partial charge in [0.15, 0.2) is 9.84 Å². The number of hydrogen-bond acceptors (Lipinski definition) is 4. The predicted octanol–water partition coefficient (Wildman–Crippen LogP) is 2.46. The normalized spacial score (nSPS) is 16.3. The summed E-state index contributed by atoms with van der Waals surface area (Å²) < 4.78 is 39.2. The molecule has 0 saturated carbocycles. The number of benzene rings is 2. The van der Waals surface area contributed by atoms with Gasteiger partial charge in [-0.25, -0.2) is 12.8 Å². The van der Waals surface area contributed by atoms with Gasteiger partial charge >= 0.3 is 0 Å². The van der Waals surface area contributed by atoms with Crippen molar-refractivity contribution in [2.75, 3.05) is 31.9 Å². The van der Waals surface area contributed by atoms with Gasteiger partial charge in [0, 0.05) is 32.6 Å². The van der Waals surface area contributed by atoms with E-state index in [1.807, 2.05) is 6.07 Å². The van der Waals surface area contributed by atoms with Crippen LogP contribution in [0.2, 0.25) is 0 Å². The molecule has 2 aromatic carbocycles. The highest BCUT2D eigenvalue weighted by Crippen LogP contribution is 2.25. The highest BCUT2D eigenvalue weighted by molar-refractivity contribution is 7.91. The van der Waals surface area contributed by atoms with Gasteiger partial charge in [0.25, 0.3) is 5.91 Å². The first-order chi connectivity index (χ1) is 14.8. The molecule has 0 atom stereocenters. The third kappa shape index (κ3) is 4.63. The van der Waals surface area contributed by atoms with Crippen LogP contribution in [-0.2, 0) is 27.5 Å². The average molecular weight is 445 g/mol. The van der Waals surface area contributed by atoms with Crippen LogP contribution in [0.5, 0.6) is 0 Å². The Hall–Kier alpha value is -2.74. The molecule has 2 aromatic rings. The number of aryl methyl sites for hydroxylation is 2. The molecule has 1 aliphatic heterocycles. The fourth-order valence-corrected chi connectivity index (χ4v) is 5.48. The number of nitrogens with zero attached hydrogens (tertiary/aromatic N) is 2. The van der Waals surface area contributed by atoms with Crippen LogP contribution in [0.1, 0.15) is 34.3 Å². The molecule has 1 fully saturated rings. The summed E-state index contributed by atoms with van der Waals surface area (Å²) in [6.07, 6.45) is 2.83. The fraction of sp³-hybridized carbons (Fsp3) is 0.391. The second-order valence-corrected chi connectivity index (χ2v) is 10.1. The Labute approximate surface area is 181 Å². The number of carbonyl (C=O) groups is 2. The number of piperazine rings is 1. The van der Waals surface area contributed by atoms with Gasteiger partial charge in [0.1, 0.15) is 5.82 Å². The molecule has 4 rings (SSSR count). The van der Waals surface area contributed by atoms with E-state index in [1.165, 1.54) is 28.7 Å². The number of sulfone groups is 1. The maximum Gasteiger partial charge on any atom is 0.256 e. The molecule has 2 aliphatic rings. The SMILES string of the molecule is O=C(CCS(=O)(=O)c1ccc2c(c1)CCC2)N1CCN(C(=O)c2ccccc2F)CC1. The maximum atomic E-state index is 13.9. The predicted molar refractivity (Wildman–Crippen MR) is 114 cm³/mol. The number of carbonyl (C=O) groups excluding carboxylic acids is 2. The molecule has 1 saturated heterocycles. The Bertz CT molecular complexity index is 1110. The highest BCUT2D eigenvalue weighted by Gasteiger charge is 2.27. The van der Waals surface area contributed by atoms with Gasteiger partial charge in [-0.2, -0.15) is 0 Å². The van der Waals surface area contributed by atoms with Crippen LogP contribution >= 0.6 is 0 Å². The van der Waals surface area contributed by atoms with E-state index in [1.54, 1.807) is 23.1 Å².